The number of hydrogen-bond donors (Lipinski definition) is 1. The lowest BCUT2D eigenvalue weighted by Crippen LogP contribution is -2.51. The Morgan fingerprint density at radius 2 is 2.41 bits per heavy atom. The summed E-state index contributed by atoms with van der Waals surface area (Å²) < 4.78 is 10.5. The first-order valence-electron chi connectivity index (χ1n) is 6.19. The van der Waals surface area contributed by atoms with Crippen LogP contribution in [0.5, 0.6) is 0 Å². The first-order chi connectivity index (χ1) is 8.08. The Kier molecular flexibility index (Phi) is 3.70. The van der Waals surface area contributed by atoms with E-state index in [0.29, 0.717) is 19.1 Å². The van der Waals surface area contributed by atoms with E-state index in [2.05, 4.69) is 0 Å². The smallest absolute Gasteiger partial charge is 0.232 e. The van der Waals surface area contributed by atoms with E-state index in [4.69, 9.17) is 15.2 Å². The average molecular weight is 242 g/mol. The summed E-state index contributed by atoms with van der Waals surface area (Å²) in [5.41, 5.74) is 5.44. The zero-order chi connectivity index (χ0) is 12.5. The minimum absolute atomic E-state index is 0.140. The fourth-order valence-corrected chi connectivity index (χ4v) is 2.66. The van der Waals surface area contributed by atoms with E-state index in [9.17, 15) is 4.79 Å². The highest BCUT2D eigenvalue weighted by atomic mass is 16.5. The van der Waals surface area contributed by atoms with Crippen molar-refractivity contribution in [2.24, 2.45) is 17.1 Å². The van der Waals surface area contributed by atoms with E-state index >= 15 is 0 Å². The maximum atomic E-state index is 12.5. The molecular weight excluding hydrogens is 220 g/mol. The second-order valence-corrected chi connectivity index (χ2v) is 5.40. The maximum absolute atomic E-state index is 12.5. The highest BCUT2D eigenvalue weighted by Crippen LogP contribution is 2.31. The van der Waals surface area contributed by atoms with Crippen LogP contribution in [-0.2, 0) is 14.3 Å². The minimum Gasteiger partial charge on any atom is -0.384 e. The average Bonchev–Trinajstić information content (AvgIpc) is 2.88. The van der Waals surface area contributed by atoms with Gasteiger partial charge in [-0.05, 0) is 13.3 Å². The summed E-state index contributed by atoms with van der Waals surface area (Å²) in [7, 11) is 1.70. The predicted octanol–water partition coefficient (Wildman–Crippen LogP) is -0.155. The van der Waals surface area contributed by atoms with Crippen LogP contribution in [0.2, 0.25) is 0 Å². The van der Waals surface area contributed by atoms with E-state index in [-0.39, 0.29) is 11.9 Å². The Balaban J connectivity index is 1.97. The molecule has 3 unspecified atom stereocenters. The molecule has 5 heteroatoms. The van der Waals surface area contributed by atoms with Crippen molar-refractivity contribution in [3.8, 4) is 0 Å². The Bertz CT molecular complexity index is 297. The summed E-state index contributed by atoms with van der Waals surface area (Å²) in [6.45, 7) is 5.17. The van der Waals surface area contributed by atoms with Gasteiger partial charge in [0.15, 0.2) is 0 Å². The number of carbonyl (C=O) groups excluding carboxylic acids is 1. The molecule has 0 aromatic rings. The highest BCUT2D eigenvalue weighted by molar-refractivity contribution is 5.84. The molecule has 2 aliphatic rings. The van der Waals surface area contributed by atoms with Gasteiger partial charge in [-0.15, -0.1) is 0 Å². The minimum atomic E-state index is -0.540. The van der Waals surface area contributed by atoms with E-state index < -0.39 is 5.41 Å². The number of hydrogen-bond acceptors (Lipinski definition) is 4. The molecule has 0 radical (unpaired) electrons. The van der Waals surface area contributed by atoms with Gasteiger partial charge in [-0.1, -0.05) is 0 Å². The zero-order valence-electron chi connectivity index (χ0n) is 10.6. The lowest BCUT2D eigenvalue weighted by atomic mass is 9.84. The molecule has 2 aliphatic heterocycles. The molecule has 2 saturated heterocycles. The number of amides is 1. The van der Waals surface area contributed by atoms with Crippen molar-refractivity contribution < 1.29 is 14.3 Å². The Morgan fingerprint density at radius 3 is 3.00 bits per heavy atom. The SMILES string of the molecule is COCC1CCN(C(=O)C2(C)COCC2N)C1. The molecule has 0 aromatic carbocycles. The molecule has 98 valence electrons. The molecule has 2 heterocycles. The van der Waals surface area contributed by atoms with Gasteiger partial charge in [0.25, 0.3) is 0 Å². The monoisotopic (exact) mass is 242 g/mol. The van der Waals surface area contributed by atoms with Gasteiger partial charge in [0.1, 0.15) is 0 Å². The largest absolute Gasteiger partial charge is 0.384 e. The molecule has 17 heavy (non-hydrogen) atoms. The fourth-order valence-electron chi connectivity index (χ4n) is 2.66. The second kappa shape index (κ2) is 4.92. The molecular formula is C12H22N2O3. The quantitative estimate of drug-likeness (QED) is 0.747. The number of methoxy groups -OCH3 is 1. The molecule has 5 nitrogen and oxygen atoms in total. The Labute approximate surface area is 102 Å². The van der Waals surface area contributed by atoms with Crippen molar-refractivity contribution in [3.63, 3.8) is 0 Å². The van der Waals surface area contributed by atoms with Gasteiger partial charge in [0.2, 0.25) is 5.91 Å². The standard InChI is InChI=1S/C12H22N2O3/c1-12(8-17-7-10(12)13)11(15)14-4-3-9(5-14)6-16-2/h9-10H,3-8,13H2,1-2H3. The van der Waals surface area contributed by atoms with Gasteiger partial charge >= 0.3 is 0 Å². The number of rotatable bonds is 3. The molecule has 2 fully saturated rings. The summed E-state index contributed by atoms with van der Waals surface area (Å²) in [6.07, 6.45) is 1.02. The Hall–Kier alpha value is -0.650. The third kappa shape index (κ3) is 2.32. The third-order valence-electron chi connectivity index (χ3n) is 3.98. The lowest BCUT2D eigenvalue weighted by Gasteiger charge is -2.30. The van der Waals surface area contributed by atoms with Crippen LogP contribution in [0.15, 0.2) is 0 Å². The molecule has 2 N–H and O–H groups in total. The number of ether oxygens (including phenoxy) is 2. The number of nitrogens with two attached hydrogens (primary N) is 1. The molecule has 0 aromatic heterocycles. The fraction of sp³-hybridized carbons (Fsp3) is 0.917. The van der Waals surface area contributed by atoms with Crippen molar-refractivity contribution in [1.29, 1.82) is 0 Å². The number of likely N-dealkylation sites (tertiary alicyclic amines) is 1. The van der Waals surface area contributed by atoms with Gasteiger partial charge in [-0.25, -0.2) is 0 Å². The van der Waals surface area contributed by atoms with Gasteiger partial charge in [-0.2, -0.15) is 0 Å². The first-order valence-corrected chi connectivity index (χ1v) is 6.19. The Morgan fingerprint density at radius 1 is 1.65 bits per heavy atom. The molecule has 0 aliphatic carbocycles. The van der Waals surface area contributed by atoms with Crippen LogP contribution in [0, 0.1) is 11.3 Å². The number of carbonyl (C=O) groups is 1. The van der Waals surface area contributed by atoms with Gasteiger partial charge < -0.3 is 20.1 Å². The zero-order valence-corrected chi connectivity index (χ0v) is 10.6. The third-order valence-corrected chi connectivity index (χ3v) is 3.98. The van der Waals surface area contributed by atoms with Crippen molar-refractivity contribution in [3.05, 3.63) is 0 Å². The first kappa shape index (κ1) is 12.8. The van der Waals surface area contributed by atoms with E-state index in [1.54, 1.807) is 7.11 Å². The van der Waals surface area contributed by atoms with E-state index in [0.717, 1.165) is 26.1 Å². The highest BCUT2D eigenvalue weighted by Gasteiger charge is 2.47. The van der Waals surface area contributed by atoms with Gasteiger partial charge in [0, 0.05) is 32.2 Å². The lowest BCUT2D eigenvalue weighted by molar-refractivity contribution is -0.140. The van der Waals surface area contributed by atoms with Crippen LogP contribution in [0.1, 0.15) is 13.3 Å². The van der Waals surface area contributed by atoms with Crippen molar-refractivity contribution in [2.75, 3.05) is 40.0 Å². The van der Waals surface area contributed by atoms with Gasteiger partial charge in [-0.3, -0.25) is 4.79 Å². The van der Waals surface area contributed by atoms with Crippen LogP contribution in [-0.4, -0.2) is 56.9 Å². The van der Waals surface area contributed by atoms with Gasteiger partial charge in [0.05, 0.1) is 25.2 Å². The van der Waals surface area contributed by atoms with Crippen molar-refractivity contribution >= 4 is 5.91 Å². The predicted molar refractivity (Wildman–Crippen MR) is 63.5 cm³/mol. The van der Waals surface area contributed by atoms with Crippen LogP contribution in [0.3, 0.4) is 0 Å². The van der Waals surface area contributed by atoms with Crippen molar-refractivity contribution in [2.45, 2.75) is 19.4 Å². The second-order valence-electron chi connectivity index (χ2n) is 5.40. The normalized spacial score (nSPS) is 37.7. The van der Waals surface area contributed by atoms with Crippen LogP contribution in [0.25, 0.3) is 0 Å². The topological polar surface area (TPSA) is 64.8 Å². The van der Waals surface area contributed by atoms with E-state index in [1.165, 1.54) is 0 Å². The molecule has 0 saturated carbocycles. The summed E-state index contributed by atoms with van der Waals surface area (Å²) >= 11 is 0. The molecule has 0 spiro atoms. The molecule has 1 amide bonds. The van der Waals surface area contributed by atoms with E-state index in [1.807, 2.05) is 11.8 Å². The van der Waals surface area contributed by atoms with Crippen LogP contribution in [0.4, 0.5) is 0 Å². The summed E-state index contributed by atoms with van der Waals surface area (Å²) in [5.74, 6) is 0.604. The summed E-state index contributed by atoms with van der Waals surface area (Å²) in [5, 5.41) is 0. The summed E-state index contributed by atoms with van der Waals surface area (Å²) in [6, 6.07) is -0.184. The van der Waals surface area contributed by atoms with Crippen molar-refractivity contribution in [1.82, 2.24) is 4.90 Å². The molecule has 0 bridgehead atoms. The number of nitrogens with zero attached hydrogens (tertiary/aromatic N) is 1. The van der Waals surface area contributed by atoms with Crippen LogP contribution < -0.4 is 5.73 Å². The molecule has 2 rings (SSSR count). The maximum Gasteiger partial charge on any atom is 0.232 e. The van der Waals surface area contributed by atoms with Crippen LogP contribution >= 0.6 is 0 Å². The molecule has 3 atom stereocenters. The summed E-state index contributed by atoms with van der Waals surface area (Å²) in [4.78, 5) is 14.4.